The molecule has 0 radical (unpaired) electrons. The van der Waals surface area contributed by atoms with E-state index in [4.69, 9.17) is 10.9 Å². The fraction of sp³-hybridized carbons (Fsp3) is 0.800. The molecule has 0 aromatic carbocycles. The molecule has 0 aliphatic carbocycles. The van der Waals surface area contributed by atoms with E-state index in [1.807, 2.05) is 19.0 Å². The highest BCUT2D eigenvalue weighted by molar-refractivity contribution is 5.63. The van der Waals surface area contributed by atoms with Crippen LogP contribution in [0.5, 0.6) is 0 Å². The number of rotatable bonds is 3. The first kappa shape index (κ1) is 9.19. The van der Waals surface area contributed by atoms with E-state index in [9.17, 15) is 4.79 Å². The van der Waals surface area contributed by atoms with Crippen molar-refractivity contribution in [3.05, 3.63) is 0 Å². The lowest BCUT2D eigenvalue weighted by molar-refractivity contribution is 0.141. The molecule has 0 unspecified atom stereocenters. The van der Waals surface area contributed by atoms with E-state index in [0.29, 0.717) is 13.1 Å². The summed E-state index contributed by atoms with van der Waals surface area (Å²) < 4.78 is 0. The Morgan fingerprint density at radius 3 is 2.30 bits per heavy atom. The Bertz CT molecular complexity index is 115. The van der Waals surface area contributed by atoms with Gasteiger partial charge in [0.2, 0.25) is 0 Å². The van der Waals surface area contributed by atoms with Crippen molar-refractivity contribution in [3.63, 3.8) is 0 Å². The van der Waals surface area contributed by atoms with Gasteiger partial charge in [-0.3, -0.25) is 0 Å². The molecule has 5 heteroatoms. The maximum atomic E-state index is 10.1. The monoisotopic (exact) mass is 147 g/mol. The van der Waals surface area contributed by atoms with Crippen LogP contribution in [-0.4, -0.2) is 48.3 Å². The molecule has 1 amide bonds. The highest BCUT2D eigenvalue weighted by Gasteiger charge is 2.04. The summed E-state index contributed by atoms with van der Waals surface area (Å²) in [5.74, 6) is 5.07. The number of amides is 1. The first-order chi connectivity index (χ1) is 4.54. The summed E-state index contributed by atoms with van der Waals surface area (Å²) in [5, 5.41) is 9.04. The van der Waals surface area contributed by atoms with Crippen molar-refractivity contribution < 1.29 is 9.90 Å². The van der Waals surface area contributed by atoms with Gasteiger partial charge in [-0.1, -0.05) is 0 Å². The SMILES string of the molecule is CN(C)CCN(N)C(=O)O. The van der Waals surface area contributed by atoms with Crippen LogP contribution in [0.15, 0.2) is 0 Å². The number of nitrogens with zero attached hydrogens (tertiary/aromatic N) is 2. The van der Waals surface area contributed by atoms with Crippen molar-refractivity contribution in [2.24, 2.45) is 5.84 Å². The van der Waals surface area contributed by atoms with E-state index in [-0.39, 0.29) is 0 Å². The number of hydrogen-bond donors (Lipinski definition) is 2. The average molecular weight is 147 g/mol. The summed E-state index contributed by atoms with van der Waals surface area (Å²) in [5.41, 5.74) is 0. The fourth-order valence-corrected chi connectivity index (χ4v) is 0.403. The topological polar surface area (TPSA) is 69.8 Å². The molecule has 0 aromatic rings. The Morgan fingerprint density at radius 2 is 2.00 bits per heavy atom. The normalized spacial score (nSPS) is 10.0. The molecule has 0 saturated carbocycles. The van der Waals surface area contributed by atoms with Crippen molar-refractivity contribution in [2.45, 2.75) is 0 Å². The standard InChI is InChI=1S/C5H13N3O2/c1-7(2)3-4-8(6)5(9)10/h3-4,6H2,1-2H3,(H,9,10). The summed E-state index contributed by atoms with van der Waals surface area (Å²) in [6.45, 7) is 0.977. The van der Waals surface area contributed by atoms with Crippen LogP contribution in [-0.2, 0) is 0 Å². The predicted molar refractivity (Wildman–Crippen MR) is 37.5 cm³/mol. The van der Waals surface area contributed by atoms with Crippen LogP contribution >= 0.6 is 0 Å². The van der Waals surface area contributed by atoms with Gasteiger partial charge in [-0.25, -0.2) is 15.6 Å². The Kier molecular flexibility index (Phi) is 3.75. The second kappa shape index (κ2) is 4.08. The van der Waals surface area contributed by atoms with Crippen LogP contribution < -0.4 is 5.84 Å². The van der Waals surface area contributed by atoms with Gasteiger partial charge in [0.25, 0.3) is 0 Å². The van der Waals surface area contributed by atoms with Gasteiger partial charge >= 0.3 is 6.09 Å². The molecule has 0 rings (SSSR count). The second-order valence-corrected chi connectivity index (χ2v) is 2.28. The van der Waals surface area contributed by atoms with E-state index in [1.165, 1.54) is 0 Å². The van der Waals surface area contributed by atoms with Gasteiger partial charge in [0.05, 0.1) is 6.54 Å². The molecular formula is C5H13N3O2. The lowest BCUT2D eigenvalue weighted by atomic mass is 10.6. The molecule has 0 bridgehead atoms. The molecule has 0 atom stereocenters. The van der Waals surface area contributed by atoms with E-state index >= 15 is 0 Å². The smallest absolute Gasteiger partial charge is 0.421 e. The maximum Gasteiger partial charge on any atom is 0.421 e. The first-order valence-corrected chi connectivity index (χ1v) is 2.94. The fourth-order valence-electron chi connectivity index (χ4n) is 0.403. The average Bonchev–Trinajstić information content (AvgIpc) is 1.82. The Hall–Kier alpha value is -0.810. The molecule has 0 aliphatic heterocycles. The summed E-state index contributed by atoms with van der Waals surface area (Å²) in [4.78, 5) is 12.0. The molecule has 0 spiro atoms. The number of hydrazine groups is 1. The quantitative estimate of drug-likeness (QED) is 0.318. The molecular weight excluding hydrogens is 134 g/mol. The maximum absolute atomic E-state index is 10.1. The van der Waals surface area contributed by atoms with Crippen LogP contribution in [0.3, 0.4) is 0 Å². The third kappa shape index (κ3) is 4.11. The van der Waals surface area contributed by atoms with Gasteiger partial charge in [0.15, 0.2) is 0 Å². The van der Waals surface area contributed by atoms with Crippen LogP contribution in [0.2, 0.25) is 0 Å². The van der Waals surface area contributed by atoms with Gasteiger partial charge in [-0.15, -0.1) is 0 Å². The number of nitrogens with two attached hydrogens (primary N) is 1. The number of carbonyl (C=O) groups is 1. The minimum absolute atomic E-state index is 0.336. The minimum Gasteiger partial charge on any atom is -0.464 e. The third-order valence-electron chi connectivity index (χ3n) is 1.03. The predicted octanol–water partition coefficient (Wildman–Crippen LogP) is -0.598. The third-order valence-corrected chi connectivity index (χ3v) is 1.03. The lowest BCUT2D eigenvalue weighted by Crippen LogP contribution is -2.40. The van der Waals surface area contributed by atoms with Crippen LogP contribution in [0.4, 0.5) is 4.79 Å². The molecule has 5 nitrogen and oxygen atoms in total. The van der Waals surface area contributed by atoms with E-state index in [2.05, 4.69) is 0 Å². The zero-order valence-corrected chi connectivity index (χ0v) is 6.24. The number of hydrogen-bond acceptors (Lipinski definition) is 3. The Labute approximate surface area is 60.0 Å². The second-order valence-electron chi connectivity index (χ2n) is 2.28. The first-order valence-electron chi connectivity index (χ1n) is 2.94. The molecule has 0 heterocycles. The van der Waals surface area contributed by atoms with E-state index in [0.717, 1.165) is 5.01 Å². The van der Waals surface area contributed by atoms with Gasteiger partial charge in [0.1, 0.15) is 0 Å². The van der Waals surface area contributed by atoms with Crippen molar-refractivity contribution in [1.29, 1.82) is 0 Å². The summed E-state index contributed by atoms with van der Waals surface area (Å²) in [7, 11) is 3.71. The summed E-state index contributed by atoms with van der Waals surface area (Å²) in [6.07, 6.45) is -1.10. The molecule has 0 aromatic heterocycles. The molecule has 0 aliphatic rings. The largest absolute Gasteiger partial charge is 0.464 e. The Balaban J connectivity index is 3.40. The molecule has 10 heavy (non-hydrogen) atoms. The van der Waals surface area contributed by atoms with E-state index < -0.39 is 6.09 Å². The van der Waals surface area contributed by atoms with Gasteiger partial charge in [-0.2, -0.15) is 0 Å². The lowest BCUT2D eigenvalue weighted by Gasteiger charge is -2.15. The number of likely N-dealkylation sites (N-methyl/N-ethyl adjacent to an activating group) is 1. The zero-order valence-electron chi connectivity index (χ0n) is 6.24. The van der Waals surface area contributed by atoms with Gasteiger partial charge in [0, 0.05) is 6.54 Å². The molecule has 0 fully saturated rings. The van der Waals surface area contributed by atoms with Gasteiger partial charge in [-0.05, 0) is 14.1 Å². The van der Waals surface area contributed by atoms with Crippen LogP contribution in [0.25, 0.3) is 0 Å². The van der Waals surface area contributed by atoms with E-state index in [1.54, 1.807) is 0 Å². The van der Waals surface area contributed by atoms with Crippen molar-refractivity contribution in [1.82, 2.24) is 9.91 Å². The zero-order chi connectivity index (χ0) is 8.15. The Morgan fingerprint density at radius 1 is 1.50 bits per heavy atom. The van der Waals surface area contributed by atoms with Crippen molar-refractivity contribution >= 4 is 6.09 Å². The summed E-state index contributed by atoms with van der Waals surface area (Å²) >= 11 is 0. The highest BCUT2D eigenvalue weighted by atomic mass is 16.4. The van der Waals surface area contributed by atoms with Crippen molar-refractivity contribution in [2.75, 3.05) is 27.2 Å². The molecule has 60 valence electrons. The van der Waals surface area contributed by atoms with Crippen LogP contribution in [0, 0.1) is 0 Å². The number of carboxylic acid groups (broad SMARTS) is 1. The van der Waals surface area contributed by atoms with Crippen molar-refractivity contribution in [3.8, 4) is 0 Å². The van der Waals surface area contributed by atoms with Crippen LogP contribution in [0.1, 0.15) is 0 Å². The minimum atomic E-state index is -1.10. The molecule has 3 N–H and O–H groups in total. The molecule has 0 saturated heterocycles. The summed E-state index contributed by atoms with van der Waals surface area (Å²) in [6, 6.07) is 0. The highest BCUT2D eigenvalue weighted by Crippen LogP contribution is 1.80. The van der Waals surface area contributed by atoms with Gasteiger partial charge < -0.3 is 10.0 Å².